The smallest absolute Gasteiger partial charge is 0.255 e. The monoisotopic (exact) mass is 342 g/mol. The molecule has 0 saturated carbocycles. The third-order valence-corrected chi connectivity index (χ3v) is 4.67. The van der Waals surface area contributed by atoms with E-state index in [4.69, 9.17) is 0 Å². The second-order valence-corrected chi connectivity index (χ2v) is 6.75. The molecule has 0 spiro atoms. The van der Waals surface area contributed by atoms with Gasteiger partial charge in [0.15, 0.2) is 0 Å². The molecule has 0 aliphatic carbocycles. The van der Waals surface area contributed by atoms with Crippen LogP contribution in [-0.4, -0.2) is 30.5 Å². The summed E-state index contributed by atoms with van der Waals surface area (Å²) < 4.78 is 13.9. The Kier molecular flexibility index (Phi) is 5.28. The van der Waals surface area contributed by atoms with Crippen molar-refractivity contribution < 1.29 is 9.18 Å². The van der Waals surface area contributed by atoms with Gasteiger partial charge in [0.05, 0.1) is 11.3 Å². The number of benzene rings is 1. The van der Waals surface area contributed by atoms with E-state index < -0.39 is 0 Å². The second-order valence-electron chi connectivity index (χ2n) is 6.75. The van der Waals surface area contributed by atoms with E-state index in [1.807, 2.05) is 0 Å². The Morgan fingerprint density at radius 3 is 2.76 bits per heavy atom. The fraction of sp³-hybridized carbons (Fsp3) is 0.368. The third-order valence-electron chi connectivity index (χ3n) is 4.67. The molecule has 0 atom stereocenters. The fourth-order valence-corrected chi connectivity index (χ4v) is 2.97. The standard InChI is InChI=1S/C19H23FN4O/c1-19(8-11-21-12-9-19)13-23-18(25)14-5-4-10-22-17(14)24-16-7-3-2-6-15(16)20/h2-7,10,21H,8-9,11-13H2,1H3,(H,22,24)(H,23,25). The van der Waals surface area contributed by atoms with Crippen LogP contribution >= 0.6 is 0 Å². The van der Waals surface area contributed by atoms with Crippen molar-refractivity contribution in [3.05, 3.63) is 54.0 Å². The van der Waals surface area contributed by atoms with Crippen molar-refractivity contribution in [2.45, 2.75) is 19.8 Å². The van der Waals surface area contributed by atoms with Crippen molar-refractivity contribution in [2.75, 3.05) is 25.0 Å². The number of piperidine rings is 1. The third kappa shape index (κ3) is 4.33. The lowest BCUT2D eigenvalue weighted by molar-refractivity contribution is 0.0923. The Bertz CT molecular complexity index is 744. The number of para-hydroxylation sites is 1. The zero-order valence-electron chi connectivity index (χ0n) is 14.3. The SMILES string of the molecule is CC1(CNC(=O)c2cccnc2Nc2ccccc2F)CCNCC1. The predicted molar refractivity (Wildman–Crippen MR) is 96.5 cm³/mol. The number of pyridine rings is 1. The van der Waals surface area contributed by atoms with Crippen molar-refractivity contribution in [3.8, 4) is 0 Å². The van der Waals surface area contributed by atoms with Crippen LogP contribution in [0, 0.1) is 11.2 Å². The van der Waals surface area contributed by atoms with Crippen LogP contribution in [0.1, 0.15) is 30.1 Å². The van der Waals surface area contributed by atoms with Gasteiger partial charge in [0, 0.05) is 12.7 Å². The number of aromatic nitrogens is 1. The minimum absolute atomic E-state index is 0.0995. The van der Waals surface area contributed by atoms with Gasteiger partial charge in [-0.2, -0.15) is 0 Å². The Labute approximate surface area is 147 Å². The van der Waals surface area contributed by atoms with Crippen LogP contribution in [0.3, 0.4) is 0 Å². The fourth-order valence-electron chi connectivity index (χ4n) is 2.97. The number of hydrogen-bond acceptors (Lipinski definition) is 4. The van der Waals surface area contributed by atoms with E-state index >= 15 is 0 Å². The van der Waals surface area contributed by atoms with Crippen molar-refractivity contribution in [2.24, 2.45) is 5.41 Å². The molecule has 1 saturated heterocycles. The van der Waals surface area contributed by atoms with Crippen molar-refractivity contribution in [3.63, 3.8) is 0 Å². The zero-order valence-corrected chi connectivity index (χ0v) is 14.3. The summed E-state index contributed by atoms with van der Waals surface area (Å²) in [5.41, 5.74) is 0.797. The maximum Gasteiger partial charge on any atom is 0.255 e. The molecule has 1 aromatic heterocycles. The highest BCUT2D eigenvalue weighted by molar-refractivity contribution is 5.99. The molecule has 1 fully saturated rings. The van der Waals surface area contributed by atoms with E-state index in [1.54, 1.807) is 36.5 Å². The summed E-state index contributed by atoms with van der Waals surface area (Å²) in [5, 5.41) is 9.25. The second kappa shape index (κ2) is 7.61. The first-order chi connectivity index (χ1) is 12.1. The summed E-state index contributed by atoms with van der Waals surface area (Å²) in [6.45, 7) is 4.75. The lowest BCUT2D eigenvalue weighted by Crippen LogP contribution is -2.43. The summed E-state index contributed by atoms with van der Waals surface area (Å²) in [7, 11) is 0. The van der Waals surface area contributed by atoms with Gasteiger partial charge in [-0.3, -0.25) is 4.79 Å². The molecule has 0 radical (unpaired) electrons. The number of amides is 1. The number of rotatable bonds is 5. The van der Waals surface area contributed by atoms with E-state index in [0.29, 0.717) is 23.6 Å². The molecular weight excluding hydrogens is 319 g/mol. The van der Waals surface area contributed by atoms with Crippen molar-refractivity contribution in [1.29, 1.82) is 0 Å². The van der Waals surface area contributed by atoms with Gasteiger partial charge in [-0.05, 0) is 55.6 Å². The largest absolute Gasteiger partial charge is 0.351 e. The average molecular weight is 342 g/mol. The highest BCUT2D eigenvalue weighted by Gasteiger charge is 2.27. The van der Waals surface area contributed by atoms with Gasteiger partial charge < -0.3 is 16.0 Å². The zero-order chi connectivity index (χ0) is 17.7. The molecule has 1 aliphatic rings. The topological polar surface area (TPSA) is 66.0 Å². The maximum absolute atomic E-state index is 13.9. The van der Waals surface area contributed by atoms with Gasteiger partial charge in [-0.15, -0.1) is 0 Å². The summed E-state index contributed by atoms with van der Waals surface area (Å²) >= 11 is 0. The van der Waals surface area contributed by atoms with Crippen LogP contribution < -0.4 is 16.0 Å². The molecule has 1 aromatic carbocycles. The normalized spacial score (nSPS) is 16.2. The summed E-state index contributed by atoms with van der Waals surface area (Å²) in [6.07, 6.45) is 3.63. The molecule has 1 amide bonds. The van der Waals surface area contributed by atoms with Gasteiger partial charge in [0.2, 0.25) is 0 Å². The number of nitrogens with one attached hydrogen (secondary N) is 3. The number of halogens is 1. The molecule has 1 aliphatic heterocycles. The average Bonchev–Trinajstić information content (AvgIpc) is 2.63. The van der Waals surface area contributed by atoms with Gasteiger partial charge in [-0.1, -0.05) is 19.1 Å². The van der Waals surface area contributed by atoms with Crippen molar-refractivity contribution in [1.82, 2.24) is 15.6 Å². The first kappa shape index (κ1) is 17.4. The lowest BCUT2D eigenvalue weighted by Gasteiger charge is -2.34. The number of carbonyl (C=O) groups is 1. The number of hydrogen-bond donors (Lipinski definition) is 3. The molecular formula is C19H23FN4O. The lowest BCUT2D eigenvalue weighted by atomic mass is 9.81. The first-order valence-electron chi connectivity index (χ1n) is 8.53. The minimum atomic E-state index is -0.387. The summed E-state index contributed by atoms with van der Waals surface area (Å²) in [4.78, 5) is 16.8. The Balaban J connectivity index is 1.71. The van der Waals surface area contributed by atoms with E-state index in [9.17, 15) is 9.18 Å². The molecule has 3 N–H and O–H groups in total. The molecule has 0 bridgehead atoms. The first-order valence-corrected chi connectivity index (χ1v) is 8.53. The Hall–Kier alpha value is -2.47. The Morgan fingerprint density at radius 1 is 1.24 bits per heavy atom. The molecule has 3 rings (SSSR count). The molecule has 2 heterocycles. The Morgan fingerprint density at radius 2 is 2.00 bits per heavy atom. The van der Waals surface area contributed by atoms with Crippen LogP contribution in [0.5, 0.6) is 0 Å². The molecule has 2 aromatic rings. The molecule has 132 valence electrons. The van der Waals surface area contributed by atoms with Gasteiger partial charge in [0.1, 0.15) is 11.6 Å². The molecule has 25 heavy (non-hydrogen) atoms. The van der Waals surface area contributed by atoms with E-state index in [1.165, 1.54) is 6.07 Å². The summed E-state index contributed by atoms with van der Waals surface area (Å²) in [6, 6.07) is 9.72. The van der Waals surface area contributed by atoms with Crippen LogP contribution in [0.25, 0.3) is 0 Å². The van der Waals surface area contributed by atoms with Crippen LogP contribution in [0.2, 0.25) is 0 Å². The molecule has 6 heteroatoms. The highest BCUT2D eigenvalue weighted by Crippen LogP contribution is 2.27. The van der Waals surface area contributed by atoms with E-state index in [0.717, 1.165) is 25.9 Å². The number of carbonyl (C=O) groups excluding carboxylic acids is 1. The quantitative estimate of drug-likeness (QED) is 0.781. The number of nitrogens with zero attached hydrogens (tertiary/aromatic N) is 1. The van der Waals surface area contributed by atoms with E-state index in [2.05, 4.69) is 27.9 Å². The number of anilines is 2. The molecule has 0 unspecified atom stereocenters. The predicted octanol–water partition coefficient (Wildman–Crippen LogP) is 3.08. The van der Waals surface area contributed by atoms with Gasteiger partial charge in [-0.25, -0.2) is 9.37 Å². The van der Waals surface area contributed by atoms with Gasteiger partial charge in [0.25, 0.3) is 5.91 Å². The summed E-state index contributed by atoms with van der Waals surface area (Å²) in [5.74, 6) is -0.242. The van der Waals surface area contributed by atoms with Crippen molar-refractivity contribution >= 4 is 17.4 Å². The van der Waals surface area contributed by atoms with E-state index in [-0.39, 0.29) is 17.1 Å². The molecule has 5 nitrogen and oxygen atoms in total. The van der Waals surface area contributed by atoms with Crippen LogP contribution in [0.4, 0.5) is 15.9 Å². The van der Waals surface area contributed by atoms with Crippen LogP contribution in [-0.2, 0) is 0 Å². The highest BCUT2D eigenvalue weighted by atomic mass is 19.1. The maximum atomic E-state index is 13.9. The van der Waals surface area contributed by atoms with Gasteiger partial charge >= 0.3 is 0 Å². The minimum Gasteiger partial charge on any atom is -0.351 e. The van der Waals surface area contributed by atoms with Crippen LogP contribution in [0.15, 0.2) is 42.6 Å².